The van der Waals surface area contributed by atoms with Crippen LogP contribution in [0.5, 0.6) is 0 Å². The van der Waals surface area contributed by atoms with Crippen LogP contribution in [0, 0.1) is 0 Å². The first-order chi connectivity index (χ1) is 12.5. The number of benzene rings is 1. The standard InChI is InChI=1S/C18H21N3O5/c22-15-9-10-16(23)21(15)26-18(25)19-14-8-4-5-11-20(17(14)24)12-13-6-2-1-3-7-13/h1-3,6-7,14H,4-5,8-12H2,(H,19,25). The second kappa shape index (κ2) is 7.99. The third-order valence-electron chi connectivity index (χ3n) is 4.47. The van der Waals surface area contributed by atoms with Gasteiger partial charge in [0.05, 0.1) is 0 Å². The lowest BCUT2D eigenvalue weighted by atomic mass is 10.1. The van der Waals surface area contributed by atoms with Gasteiger partial charge < -0.3 is 15.1 Å². The number of amides is 4. The summed E-state index contributed by atoms with van der Waals surface area (Å²) in [5.74, 6) is -1.30. The molecule has 0 bridgehead atoms. The van der Waals surface area contributed by atoms with E-state index >= 15 is 0 Å². The molecule has 8 heteroatoms. The van der Waals surface area contributed by atoms with E-state index in [-0.39, 0.29) is 18.7 Å². The van der Waals surface area contributed by atoms with Gasteiger partial charge in [-0.2, -0.15) is 0 Å². The van der Waals surface area contributed by atoms with Gasteiger partial charge in [-0.15, -0.1) is 5.06 Å². The molecule has 0 saturated carbocycles. The Morgan fingerprint density at radius 1 is 1.08 bits per heavy atom. The number of carbonyl (C=O) groups excluding carboxylic acids is 4. The van der Waals surface area contributed by atoms with Gasteiger partial charge in [-0.3, -0.25) is 14.4 Å². The molecule has 0 aromatic heterocycles. The molecule has 138 valence electrons. The second-order valence-electron chi connectivity index (χ2n) is 6.40. The summed E-state index contributed by atoms with van der Waals surface area (Å²) < 4.78 is 0. The number of nitrogens with one attached hydrogen (secondary N) is 1. The number of hydrogen-bond donors (Lipinski definition) is 1. The molecule has 8 nitrogen and oxygen atoms in total. The second-order valence-corrected chi connectivity index (χ2v) is 6.40. The van der Waals surface area contributed by atoms with Crippen LogP contribution >= 0.6 is 0 Å². The number of nitrogens with zero attached hydrogens (tertiary/aromatic N) is 2. The van der Waals surface area contributed by atoms with Gasteiger partial charge >= 0.3 is 6.09 Å². The number of hydroxylamine groups is 2. The Kier molecular flexibility index (Phi) is 5.50. The number of rotatable bonds is 4. The molecule has 2 aliphatic heterocycles. The molecule has 3 rings (SSSR count). The normalized spacial score (nSPS) is 20.9. The largest absolute Gasteiger partial charge is 0.432 e. The van der Waals surface area contributed by atoms with Crippen molar-refractivity contribution in [2.75, 3.05) is 6.54 Å². The van der Waals surface area contributed by atoms with E-state index in [1.807, 2.05) is 30.3 Å². The molecule has 0 spiro atoms. The fourth-order valence-electron chi connectivity index (χ4n) is 3.11. The monoisotopic (exact) mass is 359 g/mol. The molecule has 2 fully saturated rings. The molecule has 2 saturated heterocycles. The third kappa shape index (κ3) is 4.19. The zero-order valence-electron chi connectivity index (χ0n) is 14.3. The summed E-state index contributed by atoms with van der Waals surface area (Å²) in [6.45, 7) is 1.08. The first-order valence-electron chi connectivity index (χ1n) is 8.71. The Balaban J connectivity index is 1.61. The van der Waals surface area contributed by atoms with Gasteiger partial charge in [0.15, 0.2) is 0 Å². The van der Waals surface area contributed by atoms with Crippen molar-refractivity contribution < 1.29 is 24.0 Å². The highest BCUT2D eigenvalue weighted by atomic mass is 16.7. The lowest BCUT2D eigenvalue weighted by Crippen LogP contribution is -2.49. The van der Waals surface area contributed by atoms with E-state index in [1.54, 1.807) is 4.90 Å². The maximum atomic E-state index is 12.8. The van der Waals surface area contributed by atoms with Gasteiger partial charge in [-0.25, -0.2) is 4.79 Å². The molecule has 1 atom stereocenters. The van der Waals surface area contributed by atoms with Crippen LogP contribution in [0.4, 0.5) is 4.79 Å². The molecule has 2 aliphatic rings. The van der Waals surface area contributed by atoms with E-state index in [0.717, 1.165) is 18.4 Å². The molecule has 26 heavy (non-hydrogen) atoms. The van der Waals surface area contributed by atoms with Crippen molar-refractivity contribution in [3.05, 3.63) is 35.9 Å². The van der Waals surface area contributed by atoms with Crippen LogP contribution in [-0.4, -0.2) is 46.4 Å². The minimum absolute atomic E-state index is 0.0271. The van der Waals surface area contributed by atoms with Crippen molar-refractivity contribution in [2.45, 2.75) is 44.7 Å². The van der Waals surface area contributed by atoms with Crippen molar-refractivity contribution in [3.8, 4) is 0 Å². The van der Waals surface area contributed by atoms with Gasteiger partial charge in [0.1, 0.15) is 6.04 Å². The maximum absolute atomic E-state index is 12.8. The summed E-state index contributed by atoms with van der Waals surface area (Å²) in [6, 6.07) is 8.89. The summed E-state index contributed by atoms with van der Waals surface area (Å²) >= 11 is 0. The van der Waals surface area contributed by atoms with Crippen LogP contribution in [-0.2, 0) is 25.8 Å². The first kappa shape index (κ1) is 17.9. The predicted molar refractivity (Wildman–Crippen MR) is 90.2 cm³/mol. The predicted octanol–water partition coefficient (Wildman–Crippen LogP) is 1.36. The van der Waals surface area contributed by atoms with E-state index < -0.39 is 23.9 Å². The number of carbonyl (C=O) groups is 4. The summed E-state index contributed by atoms with van der Waals surface area (Å²) in [4.78, 5) is 54.3. The van der Waals surface area contributed by atoms with Crippen molar-refractivity contribution in [1.29, 1.82) is 0 Å². The average Bonchev–Trinajstić information content (AvgIpc) is 2.84. The van der Waals surface area contributed by atoms with Gasteiger partial charge in [0.25, 0.3) is 11.8 Å². The zero-order chi connectivity index (χ0) is 18.5. The first-order valence-corrected chi connectivity index (χ1v) is 8.71. The average molecular weight is 359 g/mol. The fraction of sp³-hybridized carbons (Fsp3) is 0.444. The summed E-state index contributed by atoms with van der Waals surface area (Å²) in [6.07, 6.45) is 1.20. The molecule has 1 aromatic carbocycles. The molecule has 1 aromatic rings. The Hall–Kier alpha value is -2.90. The molecule has 1 unspecified atom stereocenters. The molecule has 4 amide bonds. The van der Waals surface area contributed by atoms with E-state index in [2.05, 4.69) is 5.32 Å². The van der Waals surface area contributed by atoms with Gasteiger partial charge in [-0.1, -0.05) is 30.3 Å². The third-order valence-corrected chi connectivity index (χ3v) is 4.47. The van der Waals surface area contributed by atoms with Gasteiger partial charge in [-0.05, 0) is 24.8 Å². The quantitative estimate of drug-likeness (QED) is 0.819. The van der Waals surface area contributed by atoms with Crippen molar-refractivity contribution in [2.24, 2.45) is 0 Å². The lowest BCUT2D eigenvalue weighted by Gasteiger charge is -2.25. The molecule has 1 N–H and O–H groups in total. The Morgan fingerprint density at radius 3 is 2.46 bits per heavy atom. The van der Waals surface area contributed by atoms with Crippen molar-refractivity contribution in [3.63, 3.8) is 0 Å². The Bertz CT molecular complexity index is 690. The molecule has 0 aliphatic carbocycles. The van der Waals surface area contributed by atoms with Crippen LogP contribution in [0.3, 0.4) is 0 Å². The number of likely N-dealkylation sites (tertiary alicyclic amines) is 1. The van der Waals surface area contributed by atoms with E-state index in [0.29, 0.717) is 24.6 Å². The molecule has 2 heterocycles. The van der Waals surface area contributed by atoms with Crippen molar-refractivity contribution in [1.82, 2.24) is 15.3 Å². The number of hydrogen-bond acceptors (Lipinski definition) is 5. The minimum atomic E-state index is -0.964. The smallest absolute Gasteiger partial charge is 0.337 e. The molecular weight excluding hydrogens is 338 g/mol. The zero-order valence-corrected chi connectivity index (χ0v) is 14.3. The van der Waals surface area contributed by atoms with Gasteiger partial charge in [0.2, 0.25) is 5.91 Å². The minimum Gasteiger partial charge on any atom is -0.337 e. The van der Waals surface area contributed by atoms with Crippen LogP contribution < -0.4 is 5.32 Å². The van der Waals surface area contributed by atoms with Gasteiger partial charge in [0, 0.05) is 25.9 Å². The van der Waals surface area contributed by atoms with Crippen LogP contribution in [0.25, 0.3) is 0 Å². The number of imide groups is 1. The summed E-state index contributed by atoms with van der Waals surface area (Å²) in [7, 11) is 0. The summed E-state index contributed by atoms with van der Waals surface area (Å²) in [5.41, 5.74) is 1.01. The highest BCUT2D eigenvalue weighted by molar-refractivity contribution is 6.01. The highest BCUT2D eigenvalue weighted by Crippen LogP contribution is 2.16. The lowest BCUT2D eigenvalue weighted by molar-refractivity contribution is -0.171. The summed E-state index contributed by atoms with van der Waals surface area (Å²) in [5, 5.41) is 2.96. The Labute approximate surface area is 151 Å². The Morgan fingerprint density at radius 2 is 1.77 bits per heavy atom. The highest BCUT2D eigenvalue weighted by Gasteiger charge is 2.35. The van der Waals surface area contributed by atoms with Crippen molar-refractivity contribution >= 4 is 23.8 Å². The molecule has 0 radical (unpaired) electrons. The SMILES string of the molecule is O=C(NC1CCCCN(Cc2ccccc2)C1=O)ON1C(=O)CCC1=O. The van der Waals surface area contributed by atoms with E-state index in [9.17, 15) is 19.2 Å². The topological polar surface area (TPSA) is 96.0 Å². The van der Waals surface area contributed by atoms with E-state index in [4.69, 9.17) is 4.84 Å². The van der Waals surface area contributed by atoms with Crippen LogP contribution in [0.15, 0.2) is 30.3 Å². The molecular formula is C18H21N3O5. The maximum Gasteiger partial charge on any atom is 0.432 e. The van der Waals surface area contributed by atoms with Crippen LogP contribution in [0.1, 0.15) is 37.7 Å². The van der Waals surface area contributed by atoms with E-state index in [1.165, 1.54) is 0 Å². The fourth-order valence-corrected chi connectivity index (χ4v) is 3.11. The van der Waals surface area contributed by atoms with Crippen LogP contribution in [0.2, 0.25) is 0 Å².